The first-order valence-electron chi connectivity index (χ1n) is 18.8. The molecular formula is C38H36F8N8O2S. The highest BCUT2D eigenvalue weighted by Crippen LogP contribution is 2.59. The fraction of sp³-hybridized carbons (Fsp3) is 0.526. The van der Waals surface area contributed by atoms with E-state index >= 15 is 22.0 Å². The Morgan fingerprint density at radius 2 is 1.88 bits per heavy atom. The number of carbonyl (C=O) groups excluding carboxylic acids is 1. The van der Waals surface area contributed by atoms with Crippen molar-refractivity contribution in [1.82, 2.24) is 24.7 Å². The van der Waals surface area contributed by atoms with Gasteiger partial charge in [-0.2, -0.15) is 28.4 Å². The number of nitrogens with two attached hydrogens (primary N) is 1. The fourth-order valence-corrected chi connectivity index (χ4v) is 10.7. The van der Waals surface area contributed by atoms with E-state index in [4.69, 9.17) is 10.5 Å². The maximum Gasteiger partial charge on any atom is 0.417 e. The van der Waals surface area contributed by atoms with Crippen LogP contribution < -0.4 is 15.4 Å². The van der Waals surface area contributed by atoms with E-state index in [2.05, 4.69) is 9.97 Å². The number of likely N-dealkylation sites (tertiary alicyclic amines) is 2. The van der Waals surface area contributed by atoms with Gasteiger partial charge in [0.25, 0.3) is 5.92 Å². The molecule has 10 nitrogen and oxygen atoms in total. The normalized spacial score (nSPS) is 26.7. The first-order valence-corrected chi connectivity index (χ1v) is 19.6. The fourth-order valence-electron chi connectivity index (χ4n) is 9.73. The van der Waals surface area contributed by atoms with E-state index in [1.165, 1.54) is 9.80 Å². The smallest absolute Gasteiger partial charge is 0.417 e. The van der Waals surface area contributed by atoms with E-state index in [-0.39, 0.29) is 90.2 Å². The standard InChI is InChI=1S/C38H36F8N8O2S/c1-2-54(19-6-9-51(14-19)35(55)52-15-24-25(16-52)37(24,42)43)33-21-10-23(38(44,45)46)28(20-4-5-26(40)31-27(20)22(12-47)32(48)57-31)29(41)30(21)49-34(50-33)56-17-36-7-3-8-53(36)13-18(39)11-36/h4-5,10,18-19,24-25H,2-3,6-9,11,13-17,48H2,1H3. The van der Waals surface area contributed by atoms with E-state index in [0.717, 1.165) is 24.6 Å². The molecule has 302 valence electrons. The second kappa shape index (κ2) is 13.2. The van der Waals surface area contributed by atoms with Crippen molar-refractivity contribution < 1.29 is 44.7 Å². The van der Waals surface area contributed by atoms with Crippen molar-refractivity contribution in [2.75, 3.05) is 63.1 Å². The summed E-state index contributed by atoms with van der Waals surface area (Å²) in [5.41, 5.74) is 1.63. The zero-order valence-corrected chi connectivity index (χ0v) is 31.3. The molecule has 1 saturated carbocycles. The number of alkyl halides is 6. The van der Waals surface area contributed by atoms with Crippen molar-refractivity contribution in [3.8, 4) is 23.2 Å². The summed E-state index contributed by atoms with van der Waals surface area (Å²) in [5, 5.41) is 9.14. The molecule has 4 aliphatic heterocycles. The first kappa shape index (κ1) is 37.9. The van der Waals surface area contributed by atoms with Crippen molar-refractivity contribution in [3.05, 3.63) is 41.0 Å². The van der Waals surface area contributed by atoms with E-state index in [1.807, 2.05) is 11.0 Å². The Labute approximate surface area is 324 Å². The predicted octanol–water partition coefficient (Wildman–Crippen LogP) is 7.44. The van der Waals surface area contributed by atoms with Crippen LogP contribution in [0.2, 0.25) is 0 Å². The number of amides is 2. The number of benzene rings is 2. The van der Waals surface area contributed by atoms with Crippen LogP contribution in [0.3, 0.4) is 0 Å². The quantitative estimate of drug-likeness (QED) is 0.192. The lowest BCUT2D eigenvalue weighted by Crippen LogP contribution is -2.45. The predicted molar refractivity (Wildman–Crippen MR) is 195 cm³/mol. The third-order valence-corrected chi connectivity index (χ3v) is 13.6. The summed E-state index contributed by atoms with van der Waals surface area (Å²) in [5.74, 6) is -6.90. The monoisotopic (exact) mass is 820 g/mol. The third kappa shape index (κ3) is 5.91. The van der Waals surface area contributed by atoms with Crippen LogP contribution in [-0.4, -0.2) is 107 Å². The second-order valence-corrected chi connectivity index (χ2v) is 16.8. The Balaban J connectivity index is 1.16. The molecule has 5 aliphatic rings. The summed E-state index contributed by atoms with van der Waals surface area (Å²) in [4.78, 5) is 28.9. The molecule has 5 atom stereocenters. The van der Waals surface area contributed by atoms with E-state index in [0.29, 0.717) is 30.7 Å². The number of likely N-dealkylation sites (N-methyl/N-ethyl adjacent to an activating group) is 1. The van der Waals surface area contributed by atoms with Crippen LogP contribution in [0.25, 0.3) is 32.1 Å². The summed E-state index contributed by atoms with van der Waals surface area (Å²) in [6.07, 6.45) is -4.32. The van der Waals surface area contributed by atoms with Gasteiger partial charge in [-0.25, -0.2) is 26.7 Å². The molecule has 4 saturated heterocycles. The maximum atomic E-state index is 17.3. The molecule has 1 aliphatic carbocycles. The number of aromatic nitrogens is 2. The van der Waals surface area contributed by atoms with Gasteiger partial charge in [0.2, 0.25) is 0 Å². The molecule has 57 heavy (non-hydrogen) atoms. The van der Waals surface area contributed by atoms with Gasteiger partial charge in [0.1, 0.15) is 41.0 Å². The molecule has 4 aromatic rings. The zero-order chi connectivity index (χ0) is 40.3. The number of nitrogens with zero attached hydrogens (tertiary/aromatic N) is 7. The SMILES string of the molecule is CCN(c1nc(OCC23CCCN2CC(F)C3)nc2c(F)c(-c3ccc(F)c4sc(N)c(C#N)c34)c(C(F)(F)F)cc12)C1CCN(C(=O)N2CC3C(C2)C3(F)F)C1. The second-order valence-electron chi connectivity index (χ2n) is 15.7. The van der Waals surface area contributed by atoms with Crippen molar-refractivity contribution in [1.29, 1.82) is 5.26 Å². The summed E-state index contributed by atoms with van der Waals surface area (Å²) < 4.78 is 126. The Bertz CT molecular complexity index is 2360. The highest BCUT2D eigenvalue weighted by atomic mass is 32.1. The molecule has 2 aromatic carbocycles. The van der Waals surface area contributed by atoms with Crippen LogP contribution >= 0.6 is 11.3 Å². The summed E-state index contributed by atoms with van der Waals surface area (Å²) in [7, 11) is 0. The van der Waals surface area contributed by atoms with Crippen molar-refractivity contribution in [2.45, 2.75) is 62.5 Å². The molecule has 2 aromatic heterocycles. The number of anilines is 2. The van der Waals surface area contributed by atoms with Gasteiger partial charge in [0, 0.05) is 68.1 Å². The van der Waals surface area contributed by atoms with E-state index in [9.17, 15) is 23.2 Å². The molecule has 19 heteroatoms. The van der Waals surface area contributed by atoms with Crippen LogP contribution in [0.1, 0.15) is 43.7 Å². The number of nitrogen functional groups attached to an aromatic ring is 1. The lowest BCUT2D eigenvalue weighted by Gasteiger charge is -2.32. The number of piperidine rings is 1. The number of ether oxygens (including phenoxy) is 1. The number of carbonyl (C=O) groups is 1. The number of fused-ring (bicyclic) bond motifs is 4. The molecule has 0 radical (unpaired) electrons. The molecule has 2 N–H and O–H groups in total. The summed E-state index contributed by atoms with van der Waals surface area (Å²) in [6.45, 7) is 2.85. The number of hydrogen-bond donors (Lipinski definition) is 1. The highest BCUT2D eigenvalue weighted by Gasteiger charge is 2.72. The average Bonchev–Trinajstić information content (AvgIpc) is 3.88. The average molecular weight is 821 g/mol. The van der Waals surface area contributed by atoms with Crippen LogP contribution in [-0.2, 0) is 6.18 Å². The van der Waals surface area contributed by atoms with Crippen LogP contribution in [0.15, 0.2) is 18.2 Å². The number of thiophene rings is 1. The van der Waals surface area contributed by atoms with Crippen LogP contribution in [0.4, 0.5) is 50.7 Å². The Morgan fingerprint density at radius 3 is 2.58 bits per heavy atom. The summed E-state index contributed by atoms with van der Waals surface area (Å²) in [6, 6.07) is 3.08. The van der Waals surface area contributed by atoms with Gasteiger partial charge in [-0.3, -0.25) is 4.90 Å². The van der Waals surface area contributed by atoms with Crippen molar-refractivity contribution in [3.63, 3.8) is 0 Å². The van der Waals surface area contributed by atoms with Gasteiger partial charge in [0.05, 0.1) is 33.2 Å². The number of hydrogen-bond acceptors (Lipinski definition) is 9. The first-order chi connectivity index (χ1) is 27.1. The lowest BCUT2D eigenvalue weighted by atomic mass is 9.92. The van der Waals surface area contributed by atoms with Crippen LogP contribution in [0.5, 0.6) is 6.01 Å². The van der Waals surface area contributed by atoms with Crippen LogP contribution in [0, 0.1) is 34.8 Å². The Morgan fingerprint density at radius 1 is 1.12 bits per heavy atom. The third-order valence-electron chi connectivity index (χ3n) is 12.6. The van der Waals surface area contributed by atoms with Gasteiger partial charge in [0.15, 0.2) is 5.82 Å². The van der Waals surface area contributed by atoms with E-state index < -0.39 is 81.6 Å². The molecule has 6 heterocycles. The highest BCUT2D eigenvalue weighted by molar-refractivity contribution is 7.23. The van der Waals surface area contributed by atoms with Crippen molar-refractivity contribution >= 4 is 49.2 Å². The Hall–Kier alpha value is -4.70. The Kier molecular flexibility index (Phi) is 8.74. The van der Waals surface area contributed by atoms with Gasteiger partial charge < -0.3 is 25.2 Å². The van der Waals surface area contributed by atoms with Gasteiger partial charge in [-0.15, -0.1) is 11.3 Å². The minimum absolute atomic E-state index is 0.0650. The van der Waals surface area contributed by atoms with Gasteiger partial charge in [-0.1, -0.05) is 6.07 Å². The molecule has 0 bridgehead atoms. The molecule has 5 unspecified atom stereocenters. The number of halogens is 8. The molecule has 0 spiro atoms. The molecule has 5 fully saturated rings. The zero-order valence-electron chi connectivity index (χ0n) is 30.5. The number of rotatable bonds is 7. The maximum absolute atomic E-state index is 17.3. The molecule has 2 amide bonds. The largest absolute Gasteiger partial charge is 0.461 e. The minimum Gasteiger partial charge on any atom is -0.461 e. The number of urea groups is 1. The molecular weight excluding hydrogens is 785 g/mol. The lowest BCUT2D eigenvalue weighted by molar-refractivity contribution is -0.137. The van der Waals surface area contributed by atoms with Gasteiger partial charge >= 0.3 is 18.2 Å². The molecule has 9 rings (SSSR count). The minimum atomic E-state index is -5.18. The van der Waals surface area contributed by atoms with E-state index in [1.54, 1.807) is 11.8 Å². The topological polar surface area (TPSA) is 115 Å². The van der Waals surface area contributed by atoms with Gasteiger partial charge in [-0.05, 0) is 50.4 Å². The summed E-state index contributed by atoms with van der Waals surface area (Å²) >= 11 is 0.655. The van der Waals surface area contributed by atoms with Crippen molar-refractivity contribution in [2.24, 2.45) is 11.8 Å². The number of nitriles is 1.